The molecule has 0 aromatic heterocycles. The number of hydrogen-bond donors (Lipinski definition) is 1. The molecule has 0 saturated heterocycles. The molecule has 0 fully saturated rings. The lowest BCUT2D eigenvalue weighted by molar-refractivity contribution is -0.132. The van der Waals surface area contributed by atoms with E-state index in [1.54, 1.807) is 12.1 Å². The summed E-state index contributed by atoms with van der Waals surface area (Å²) in [5, 5.41) is 2.52. The van der Waals surface area contributed by atoms with Gasteiger partial charge in [-0.3, -0.25) is 9.59 Å². The van der Waals surface area contributed by atoms with Crippen LogP contribution in [0.15, 0.2) is 18.2 Å². The zero-order valence-corrected chi connectivity index (χ0v) is 14.2. The minimum absolute atomic E-state index is 0.175. The van der Waals surface area contributed by atoms with Gasteiger partial charge in [0.25, 0.3) is 0 Å². The molecule has 0 bridgehead atoms. The molecule has 122 valence electrons. The van der Waals surface area contributed by atoms with Crippen LogP contribution in [0.3, 0.4) is 0 Å². The molecule has 3 unspecified atom stereocenters. The van der Waals surface area contributed by atoms with Gasteiger partial charge < -0.3 is 19.5 Å². The Bertz CT molecular complexity index is 613. The minimum Gasteiger partial charge on any atom is -0.493 e. The first-order valence-electron chi connectivity index (χ1n) is 7.13. The smallest absolute Gasteiger partial charge is 0.308 e. The van der Waals surface area contributed by atoms with Crippen LogP contribution in [0.25, 0.3) is 0 Å². The summed E-state index contributed by atoms with van der Waals surface area (Å²) in [7, 11) is 21.1. The van der Waals surface area contributed by atoms with E-state index < -0.39 is 29.1 Å². The topological polar surface area (TPSA) is 73.9 Å². The molecule has 1 rings (SSSR count). The van der Waals surface area contributed by atoms with Gasteiger partial charge in [0.15, 0.2) is 11.5 Å². The maximum atomic E-state index is 11.5. The van der Waals surface area contributed by atoms with Gasteiger partial charge in [0.2, 0.25) is 5.91 Å². The summed E-state index contributed by atoms with van der Waals surface area (Å²) in [6, 6.07) is 3.62. The molecule has 1 aromatic carbocycles. The SMILES string of the molecule is [B]C(OC)C([B])(NC(C)=O)C([B])c1ccc(OC)c(OC(C)=O)c1. The van der Waals surface area contributed by atoms with Crippen molar-refractivity contribution in [1.82, 2.24) is 5.32 Å². The first-order chi connectivity index (χ1) is 11.2. The third-order valence-electron chi connectivity index (χ3n) is 3.43. The predicted octanol–water partition coefficient (Wildman–Crippen LogP) is -0.0280. The standard InChI is InChI=1S/C15H18B3NO5/c1-8(20)19-15(18,14(17)23-4)13(16)10-5-6-11(22-3)12(7-10)24-9(2)21/h5-7,13-14H,1-4H3,(H,19,20). The summed E-state index contributed by atoms with van der Waals surface area (Å²) >= 11 is 0. The summed E-state index contributed by atoms with van der Waals surface area (Å²) < 4.78 is 15.3. The average molecular weight is 325 g/mol. The third kappa shape index (κ3) is 4.57. The van der Waals surface area contributed by atoms with Gasteiger partial charge in [0.05, 0.1) is 15.0 Å². The molecule has 6 nitrogen and oxygen atoms in total. The molecular formula is C15H18B3NO5. The van der Waals surface area contributed by atoms with Crippen molar-refractivity contribution >= 4 is 35.4 Å². The number of nitrogens with one attached hydrogen (secondary N) is 1. The molecule has 0 heterocycles. The van der Waals surface area contributed by atoms with E-state index in [0.717, 1.165) is 0 Å². The maximum Gasteiger partial charge on any atom is 0.308 e. The molecule has 24 heavy (non-hydrogen) atoms. The second kappa shape index (κ2) is 8.28. The normalized spacial score (nSPS) is 15.7. The summed E-state index contributed by atoms with van der Waals surface area (Å²) in [6.07, 6.45) is 0. The monoisotopic (exact) mass is 325 g/mol. The number of hydrogen-bond acceptors (Lipinski definition) is 5. The van der Waals surface area contributed by atoms with Crippen molar-refractivity contribution < 1.29 is 23.8 Å². The quantitative estimate of drug-likeness (QED) is 0.433. The zero-order chi connectivity index (χ0) is 18.5. The van der Waals surface area contributed by atoms with Gasteiger partial charge in [-0.1, -0.05) is 6.07 Å². The number of rotatable bonds is 7. The van der Waals surface area contributed by atoms with E-state index in [4.69, 9.17) is 37.7 Å². The van der Waals surface area contributed by atoms with Crippen molar-refractivity contribution in [3.63, 3.8) is 0 Å². The largest absolute Gasteiger partial charge is 0.493 e. The van der Waals surface area contributed by atoms with Crippen LogP contribution in [0.4, 0.5) is 0 Å². The molecule has 6 radical (unpaired) electrons. The van der Waals surface area contributed by atoms with Crippen LogP contribution in [0.5, 0.6) is 11.5 Å². The fourth-order valence-corrected chi connectivity index (χ4v) is 2.22. The van der Waals surface area contributed by atoms with E-state index in [1.165, 1.54) is 34.1 Å². The Labute approximate surface area is 145 Å². The highest BCUT2D eigenvalue weighted by Gasteiger charge is 2.37. The fourth-order valence-electron chi connectivity index (χ4n) is 2.22. The van der Waals surface area contributed by atoms with E-state index in [-0.39, 0.29) is 5.75 Å². The van der Waals surface area contributed by atoms with Gasteiger partial charge in [0, 0.05) is 32.4 Å². The van der Waals surface area contributed by atoms with Crippen LogP contribution in [-0.2, 0) is 14.3 Å². The van der Waals surface area contributed by atoms with Crippen LogP contribution in [0, 0.1) is 0 Å². The number of esters is 1. The average Bonchev–Trinajstić information content (AvgIpc) is 2.51. The number of carbonyl (C=O) groups excluding carboxylic acids is 2. The minimum atomic E-state index is -1.58. The highest BCUT2D eigenvalue weighted by atomic mass is 16.6. The summed E-state index contributed by atoms with van der Waals surface area (Å²) in [5.41, 5.74) is -1.11. The molecule has 1 amide bonds. The molecule has 1 aromatic rings. The van der Waals surface area contributed by atoms with E-state index in [9.17, 15) is 9.59 Å². The Morgan fingerprint density at radius 3 is 2.25 bits per heavy atom. The summed E-state index contributed by atoms with van der Waals surface area (Å²) in [4.78, 5) is 22.7. The van der Waals surface area contributed by atoms with Crippen LogP contribution in [0.1, 0.15) is 25.2 Å². The fraction of sp³-hybridized carbons (Fsp3) is 0.467. The second-order valence-corrected chi connectivity index (χ2v) is 5.25. The Balaban J connectivity index is 3.30. The Morgan fingerprint density at radius 2 is 1.79 bits per heavy atom. The van der Waals surface area contributed by atoms with Gasteiger partial charge in [-0.15, -0.1) is 0 Å². The maximum absolute atomic E-state index is 11.5. The predicted molar refractivity (Wildman–Crippen MR) is 91.7 cm³/mol. The molecule has 0 aliphatic carbocycles. The van der Waals surface area contributed by atoms with E-state index in [0.29, 0.717) is 11.3 Å². The lowest BCUT2D eigenvalue weighted by Gasteiger charge is -2.42. The van der Waals surface area contributed by atoms with Crippen molar-refractivity contribution in [3.8, 4) is 11.5 Å². The molecule has 3 atom stereocenters. The highest BCUT2D eigenvalue weighted by molar-refractivity contribution is 6.30. The zero-order valence-electron chi connectivity index (χ0n) is 14.2. The van der Waals surface area contributed by atoms with Crippen LogP contribution in [-0.4, -0.2) is 61.1 Å². The Kier molecular flexibility index (Phi) is 6.96. The van der Waals surface area contributed by atoms with E-state index in [2.05, 4.69) is 5.32 Å². The number of ether oxygens (including phenoxy) is 3. The molecule has 0 spiro atoms. The Morgan fingerprint density at radius 1 is 1.17 bits per heavy atom. The lowest BCUT2D eigenvalue weighted by atomic mass is 9.51. The van der Waals surface area contributed by atoms with Gasteiger partial charge in [0.1, 0.15) is 15.7 Å². The molecule has 0 aliphatic heterocycles. The van der Waals surface area contributed by atoms with Crippen LogP contribution in [0.2, 0.25) is 0 Å². The summed E-state index contributed by atoms with van der Waals surface area (Å²) in [6.45, 7) is 2.55. The van der Waals surface area contributed by atoms with Crippen molar-refractivity contribution in [3.05, 3.63) is 23.8 Å². The van der Waals surface area contributed by atoms with Gasteiger partial charge in [-0.2, -0.15) is 0 Å². The second-order valence-electron chi connectivity index (χ2n) is 5.25. The lowest BCUT2D eigenvalue weighted by Crippen LogP contribution is -2.61. The number of amides is 1. The first-order valence-corrected chi connectivity index (χ1v) is 7.13. The van der Waals surface area contributed by atoms with E-state index in [1.807, 2.05) is 0 Å². The number of benzene rings is 1. The molecule has 0 saturated carbocycles. The van der Waals surface area contributed by atoms with Crippen LogP contribution >= 0.6 is 0 Å². The molecule has 0 aliphatic rings. The van der Waals surface area contributed by atoms with Gasteiger partial charge >= 0.3 is 5.97 Å². The van der Waals surface area contributed by atoms with Crippen molar-refractivity contribution in [2.45, 2.75) is 31.1 Å². The van der Waals surface area contributed by atoms with Crippen molar-refractivity contribution in [2.75, 3.05) is 14.2 Å². The molecule has 1 N–H and O–H groups in total. The van der Waals surface area contributed by atoms with Crippen molar-refractivity contribution in [1.29, 1.82) is 0 Å². The van der Waals surface area contributed by atoms with Gasteiger partial charge in [-0.05, 0) is 23.5 Å². The van der Waals surface area contributed by atoms with E-state index >= 15 is 0 Å². The van der Waals surface area contributed by atoms with Crippen molar-refractivity contribution in [2.24, 2.45) is 0 Å². The molecular weight excluding hydrogens is 307 g/mol. The highest BCUT2D eigenvalue weighted by Crippen LogP contribution is 2.34. The first kappa shape index (κ1) is 20.2. The molecule has 9 heteroatoms. The Hall–Kier alpha value is -1.89. The third-order valence-corrected chi connectivity index (χ3v) is 3.43. The number of carbonyl (C=O) groups is 2. The number of methoxy groups -OCH3 is 2. The summed E-state index contributed by atoms with van der Waals surface area (Å²) in [5.74, 6) is -1.37. The van der Waals surface area contributed by atoms with Crippen LogP contribution < -0.4 is 14.8 Å². The van der Waals surface area contributed by atoms with Gasteiger partial charge in [-0.25, -0.2) is 0 Å².